The molecule has 1 aromatic rings. The Balaban J connectivity index is 2.23. The molecular formula is C13H20N2. The van der Waals surface area contributed by atoms with Crippen molar-refractivity contribution < 1.29 is 0 Å². The van der Waals surface area contributed by atoms with Crippen LogP contribution >= 0.6 is 0 Å². The second kappa shape index (κ2) is 3.95. The maximum atomic E-state index is 6.39. The van der Waals surface area contributed by atoms with Crippen molar-refractivity contribution >= 4 is 0 Å². The van der Waals surface area contributed by atoms with E-state index in [0.717, 1.165) is 0 Å². The van der Waals surface area contributed by atoms with Crippen molar-refractivity contribution in [1.29, 1.82) is 0 Å². The summed E-state index contributed by atoms with van der Waals surface area (Å²) in [6, 6.07) is 10.6. The number of nitrogens with zero attached hydrogens (tertiary/aromatic N) is 1. The Morgan fingerprint density at radius 2 is 1.80 bits per heavy atom. The van der Waals surface area contributed by atoms with Crippen LogP contribution in [0.1, 0.15) is 30.9 Å². The van der Waals surface area contributed by atoms with E-state index in [9.17, 15) is 0 Å². The van der Waals surface area contributed by atoms with Crippen molar-refractivity contribution in [2.45, 2.75) is 30.8 Å². The van der Waals surface area contributed by atoms with Crippen LogP contribution in [0.3, 0.4) is 0 Å². The van der Waals surface area contributed by atoms with E-state index < -0.39 is 0 Å². The van der Waals surface area contributed by atoms with Crippen LogP contribution in [0.15, 0.2) is 30.3 Å². The molecule has 1 aromatic carbocycles. The van der Waals surface area contributed by atoms with Gasteiger partial charge in [-0.05, 0) is 38.9 Å². The van der Waals surface area contributed by atoms with E-state index in [0.29, 0.717) is 0 Å². The minimum absolute atomic E-state index is 0.141. The van der Waals surface area contributed by atoms with Gasteiger partial charge in [-0.3, -0.25) is 0 Å². The van der Waals surface area contributed by atoms with Gasteiger partial charge in [0.05, 0.1) is 0 Å². The predicted molar refractivity (Wildman–Crippen MR) is 63.6 cm³/mol. The fraction of sp³-hybridized carbons (Fsp3) is 0.538. The highest BCUT2D eigenvalue weighted by molar-refractivity contribution is 5.24. The van der Waals surface area contributed by atoms with E-state index in [2.05, 4.69) is 43.3 Å². The first-order valence-electron chi connectivity index (χ1n) is 5.65. The van der Waals surface area contributed by atoms with Crippen LogP contribution in [0, 0.1) is 0 Å². The highest BCUT2D eigenvalue weighted by Crippen LogP contribution is 2.44. The third-order valence-electron chi connectivity index (χ3n) is 3.85. The summed E-state index contributed by atoms with van der Waals surface area (Å²) < 4.78 is 0. The van der Waals surface area contributed by atoms with Gasteiger partial charge in [-0.2, -0.15) is 0 Å². The maximum absolute atomic E-state index is 6.39. The van der Waals surface area contributed by atoms with Gasteiger partial charge in [-0.1, -0.05) is 30.3 Å². The van der Waals surface area contributed by atoms with Crippen LogP contribution in [0.4, 0.5) is 0 Å². The number of rotatable bonds is 3. The fourth-order valence-corrected chi connectivity index (χ4v) is 2.55. The number of benzene rings is 1. The molecule has 1 aliphatic rings. The number of likely N-dealkylation sites (N-methyl/N-ethyl adjacent to an activating group) is 1. The first-order valence-corrected chi connectivity index (χ1v) is 5.65. The van der Waals surface area contributed by atoms with E-state index in [4.69, 9.17) is 5.73 Å². The molecule has 2 rings (SSSR count). The molecule has 0 aromatic heterocycles. The number of nitrogens with two attached hydrogens (primary N) is 1. The van der Waals surface area contributed by atoms with Gasteiger partial charge in [0, 0.05) is 11.6 Å². The summed E-state index contributed by atoms with van der Waals surface area (Å²) in [5.74, 6) is 0. The average molecular weight is 204 g/mol. The van der Waals surface area contributed by atoms with Gasteiger partial charge in [0.1, 0.15) is 0 Å². The van der Waals surface area contributed by atoms with Gasteiger partial charge in [0.2, 0.25) is 0 Å². The second-order valence-electron chi connectivity index (χ2n) is 4.74. The highest BCUT2D eigenvalue weighted by Gasteiger charge is 2.44. The summed E-state index contributed by atoms with van der Waals surface area (Å²) in [6.45, 7) is 0. The topological polar surface area (TPSA) is 29.3 Å². The molecule has 1 unspecified atom stereocenters. The molecule has 2 N–H and O–H groups in total. The molecular weight excluding hydrogens is 184 g/mol. The average Bonchev–Trinajstić information content (AvgIpc) is 2.16. The van der Waals surface area contributed by atoms with Crippen LogP contribution in [0.5, 0.6) is 0 Å². The zero-order valence-electron chi connectivity index (χ0n) is 9.61. The molecule has 1 saturated carbocycles. The van der Waals surface area contributed by atoms with E-state index >= 15 is 0 Å². The SMILES string of the molecule is CN(C)C1(C(N)c2ccccc2)CCC1. The highest BCUT2D eigenvalue weighted by atomic mass is 15.2. The lowest BCUT2D eigenvalue weighted by molar-refractivity contribution is 0.0330. The minimum Gasteiger partial charge on any atom is -0.322 e. The van der Waals surface area contributed by atoms with Crippen molar-refractivity contribution in [3.05, 3.63) is 35.9 Å². The quantitative estimate of drug-likeness (QED) is 0.817. The molecule has 2 heteroatoms. The first kappa shape index (κ1) is 10.7. The van der Waals surface area contributed by atoms with Crippen LogP contribution in [-0.2, 0) is 0 Å². The molecule has 2 nitrogen and oxygen atoms in total. The molecule has 0 aliphatic heterocycles. The zero-order chi connectivity index (χ0) is 10.9. The van der Waals surface area contributed by atoms with Gasteiger partial charge in [0.25, 0.3) is 0 Å². The monoisotopic (exact) mass is 204 g/mol. The summed E-state index contributed by atoms with van der Waals surface area (Å²) in [5.41, 5.74) is 7.85. The van der Waals surface area contributed by atoms with E-state index in [1.54, 1.807) is 0 Å². The predicted octanol–water partition coefficient (Wildman–Crippen LogP) is 2.17. The fourth-order valence-electron chi connectivity index (χ4n) is 2.55. The van der Waals surface area contributed by atoms with Gasteiger partial charge < -0.3 is 10.6 Å². The Morgan fingerprint density at radius 1 is 1.20 bits per heavy atom. The van der Waals surface area contributed by atoms with Gasteiger partial charge >= 0.3 is 0 Å². The first-order chi connectivity index (χ1) is 7.17. The summed E-state index contributed by atoms with van der Waals surface area (Å²) >= 11 is 0. The molecule has 0 radical (unpaired) electrons. The lowest BCUT2D eigenvalue weighted by Crippen LogP contribution is -2.57. The standard InChI is InChI=1S/C13H20N2/c1-15(2)13(9-6-10-13)12(14)11-7-4-3-5-8-11/h3-5,7-8,12H,6,9-10,14H2,1-2H3. The second-order valence-corrected chi connectivity index (χ2v) is 4.74. The number of hydrogen-bond donors (Lipinski definition) is 1. The third kappa shape index (κ3) is 1.68. The van der Waals surface area contributed by atoms with E-state index in [-0.39, 0.29) is 11.6 Å². The van der Waals surface area contributed by atoms with Crippen molar-refractivity contribution in [3.8, 4) is 0 Å². The lowest BCUT2D eigenvalue weighted by atomic mass is 9.69. The molecule has 0 heterocycles. The Morgan fingerprint density at radius 3 is 2.20 bits per heavy atom. The Bertz CT molecular complexity index is 315. The molecule has 0 amide bonds. The zero-order valence-corrected chi connectivity index (χ0v) is 9.61. The largest absolute Gasteiger partial charge is 0.322 e. The van der Waals surface area contributed by atoms with Crippen LogP contribution < -0.4 is 5.73 Å². The molecule has 1 aliphatic carbocycles. The van der Waals surface area contributed by atoms with Crippen molar-refractivity contribution in [2.24, 2.45) is 5.73 Å². The molecule has 0 bridgehead atoms. The summed E-state index contributed by atoms with van der Waals surface area (Å²) in [5, 5.41) is 0. The smallest absolute Gasteiger partial charge is 0.0481 e. The molecule has 0 saturated heterocycles. The minimum atomic E-state index is 0.141. The van der Waals surface area contributed by atoms with Gasteiger partial charge in [-0.25, -0.2) is 0 Å². The van der Waals surface area contributed by atoms with Crippen LogP contribution in [-0.4, -0.2) is 24.5 Å². The van der Waals surface area contributed by atoms with Crippen LogP contribution in [0.25, 0.3) is 0 Å². The van der Waals surface area contributed by atoms with Gasteiger partial charge in [-0.15, -0.1) is 0 Å². The molecule has 0 spiro atoms. The van der Waals surface area contributed by atoms with E-state index in [1.807, 2.05) is 6.07 Å². The molecule has 1 fully saturated rings. The molecule has 1 atom stereocenters. The lowest BCUT2D eigenvalue weighted by Gasteiger charge is -2.51. The van der Waals surface area contributed by atoms with Crippen molar-refractivity contribution in [2.75, 3.05) is 14.1 Å². The van der Waals surface area contributed by atoms with Crippen molar-refractivity contribution in [3.63, 3.8) is 0 Å². The molecule has 82 valence electrons. The maximum Gasteiger partial charge on any atom is 0.0481 e. The molecule has 15 heavy (non-hydrogen) atoms. The Kier molecular flexibility index (Phi) is 2.81. The van der Waals surface area contributed by atoms with Crippen molar-refractivity contribution in [1.82, 2.24) is 4.90 Å². The van der Waals surface area contributed by atoms with E-state index in [1.165, 1.54) is 24.8 Å². The Labute approximate surface area is 92.1 Å². The summed E-state index contributed by atoms with van der Waals surface area (Å²) in [6.07, 6.45) is 3.74. The summed E-state index contributed by atoms with van der Waals surface area (Å²) in [4.78, 5) is 2.30. The number of hydrogen-bond acceptors (Lipinski definition) is 2. The Hall–Kier alpha value is -0.860. The third-order valence-corrected chi connectivity index (χ3v) is 3.85. The van der Waals surface area contributed by atoms with Gasteiger partial charge in [0.15, 0.2) is 0 Å². The normalized spacial score (nSPS) is 21.1. The summed E-state index contributed by atoms with van der Waals surface area (Å²) in [7, 11) is 4.28. The van der Waals surface area contributed by atoms with Crippen LogP contribution in [0.2, 0.25) is 0 Å².